The molecule has 0 aliphatic heterocycles. The minimum absolute atomic E-state index is 0.299. The van der Waals surface area contributed by atoms with Crippen LogP contribution in [0.4, 0.5) is 0 Å². The number of para-hydroxylation sites is 1. The van der Waals surface area contributed by atoms with Gasteiger partial charge in [-0.15, -0.1) is 6.58 Å². The standard InChI is InChI=1S/C15H23NO2.C7H6O2/c1-4-7-13-8-5-6-9-15(13)18-11-14(17)10-16-12(2)3;8-7(9)6-4-2-1-3-5-6/h4-6,8-9,12,14,16-17H,1,7,10-11H2,2-3H3;1-5H,(H,8,9). The number of hydrogen-bond acceptors (Lipinski definition) is 4. The van der Waals surface area contributed by atoms with E-state index in [0.29, 0.717) is 24.8 Å². The number of carboxylic acid groups (broad SMARTS) is 1. The lowest BCUT2D eigenvalue weighted by Gasteiger charge is -2.16. The van der Waals surface area contributed by atoms with E-state index in [1.807, 2.05) is 44.2 Å². The highest BCUT2D eigenvalue weighted by Crippen LogP contribution is 2.18. The van der Waals surface area contributed by atoms with Gasteiger partial charge in [0.05, 0.1) is 5.56 Å². The molecular weight excluding hydrogens is 342 g/mol. The summed E-state index contributed by atoms with van der Waals surface area (Å²) in [6, 6.07) is 16.5. The van der Waals surface area contributed by atoms with Gasteiger partial charge in [0.15, 0.2) is 0 Å². The molecule has 0 radical (unpaired) electrons. The average molecular weight is 371 g/mol. The Kier molecular flexibility index (Phi) is 10.5. The first kappa shape index (κ1) is 22.4. The molecule has 146 valence electrons. The predicted molar refractivity (Wildman–Crippen MR) is 108 cm³/mol. The molecular formula is C22H29NO4. The van der Waals surface area contributed by atoms with Crippen molar-refractivity contribution in [1.29, 1.82) is 0 Å². The molecule has 0 saturated heterocycles. The van der Waals surface area contributed by atoms with Gasteiger partial charge in [-0.05, 0) is 30.2 Å². The molecule has 2 rings (SSSR count). The van der Waals surface area contributed by atoms with Crippen molar-refractivity contribution >= 4 is 5.97 Å². The van der Waals surface area contributed by atoms with Gasteiger partial charge >= 0.3 is 5.97 Å². The molecule has 2 aromatic rings. The Bertz CT molecular complexity index is 686. The molecule has 0 aromatic heterocycles. The maximum Gasteiger partial charge on any atom is 0.335 e. The second kappa shape index (κ2) is 12.7. The molecule has 5 heteroatoms. The number of allylic oxidation sites excluding steroid dienone is 1. The van der Waals surface area contributed by atoms with E-state index in [0.717, 1.165) is 17.7 Å². The van der Waals surface area contributed by atoms with Crippen LogP contribution in [-0.4, -0.2) is 41.5 Å². The molecule has 2 aromatic carbocycles. The van der Waals surface area contributed by atoms with Gasteiger partial charge in [0.1, 0.15) is 18.5 Å². The summed E-state index contributed by atoms with van der Waals surface area (Å²) >= 11 is 0. The number of hydrogen-bond donors (Lipinski definition) is 3. The Hall–Kier alpha value is -2.63. The second-order valence-corrected chi connectivity index (χ2v) is 6.30. The van der Waals surface area contributed by atoms with Crippen molar-refractivity contribution in [3.63, 3.8) is 0 Å². The smallest absolute Gasteiger partial charge is 0.335 e. The number of ether oxygens (including phenoxy) is 1. The highest BCUT2D eigenvalue weighted by molar-refractivity contribution is 5.87. The van der Waals surface area contributed by atoms with E-state index in [4.69, 9.17) is 9.84 Å². The molecule has 0 amide bonds. The SMILES string of the molecule is C=CCc1ccccc1OCC(O)CNC(C)C.O=C(O)c1ccccc1. The van der Waals surface area contributed by atoms with Gasteiger partial charge in [0, 0.05) is 12.6 Å². The van der Waals surface area contributed by atoms with Crippen molar-refractivity contribution < 1.29 is 19.7 Å². The fourth-order valence-electron chi connectivity index (χ4n) is 2.17. The predicted octanol–water partition coefficient (Wildman–Crippen LogP) is 3.54. The Morgan fingerprint density at radius 2 is 1.78 bits per heavy atom. The van der Waals surface area contributed by atoms with Gasteiger partial charge in [0.25, 0.3) is 0 Å². The molecule has 5 nitrogen and oxygen atoms in total. The average Bonchev–Trinajstić information content (AvgIpc) is 2.67. The third-order valence-electron chi connectivity index (χ3n) is 3.55. The number of carboxylic acids is 1. The second-order valence-electron chi connectivity index (χ2n) is 6.30. The summed E-state index contributed by atoms with van der Waals surface area (Å²) in [6.07, 6.45) is 2.12. The number of carbonyl (C=O) groups is 1. The fourth-order valence-corrected chi connectivity index (χ4v) is 2.17. The summed E-state index contributed by atoms with van der Waals surface area (Å²) in [5.41, 5.74) is 1.43. The zero-order chi connectivity index (χ0) is 20.1. The van der Waals surface area contributed by atoms with Gasteiger partial charge in [-0.25, -0.2) is 4.79 Å². The number of aliphatic hydroxyl groups excluding tert-OH is 1. The largest absolute Gasteiger partial charge is 0.491 e. The minimum atomic E-state index is -0.879. The van der Waals surface area contributed by atoms with E-state index in [-0.39, 0.29) is 0 Å². The van der Waals surface area contributed by atoms with Crippen LogP contribution in [0.1, 0.15) is 29.8 Å². The highest BCUT2D eigenvalue weighted by Gasteiger charge is 2.07. The van der Waals surface area contributed by atoms with Gasteiger partial charge in [-0.1, -0.05) is 56.3 Å². The van der Waals surface area contributed by atoms with Crippen molar-refractivity contribution in [2.24, 2.45) is 0 Å². The third-order valence-corrected chi connectivity index (χ3v) is 3.55. The summed E-state index contributed by atoms with van der Waals surface area (Å²) in [7, 11) is 0. The van der Waals surface area contributed by atoms with Crippen LogP contribution in [0.2, 0.25) is 0 Å². The first-order chi connectivity index (χ1) is 12.9. The van der Waals surface area contributed by atoms with Crippen LogP contribution in [0.15, 0.2) is 67.3 Å². The molecule has 0 aliphatic rings. The lowest BCUT2D eigenvalue weighted by atomic mass is 10.1. The van der Waals surface area contributed by atoms with E-state index in [2.05, 4.69) is 11.9 Å². The quantitative estimate of drug-likeness (QED) is 0.588. The molecule has 27 heavy (non-hydrogen) atoms. The number of aliphatic hydroxyl groups is 1. The maximum absolute atomic E-state index is 10.2. The Morgan fingerprint density at radius 3 is 2.33 bits per heavy atom. The van der Waals surface area contributed by atoms with E-state index < -0.39 is 12.1 Å². The maximum atomic E-state index is 10.2. The van der Waals surface area contributed by atoms with Gasteiger partial charge in [-0.3, -0.25) is 0 Å². The van der Waals surface area contributed by atoms with Crippen molar-refractivity contribution in [1.82, 2.24) is 5.32 Å². The fraction of sp³-hybridized carbons (Fsp3) is 0.318. The van der Waals surface area contributed by atoms with Crippen LogP contribution in [0.25, 0.3) is 0 Å². The summed E-state index contributed by atoms with van der Waals surface area (Å²) in [4.78, 5) is 10.2. The van der Waals surface area contributed by atoms with Crippen LogP contribution < -0.4 is 10.1 Å². The lowest BCUT2D eigenvalue weighted by molar-refractivity contribution is 0.0697. The monoisotopic (exact) mass is 371 g/mol. The van der Waals surface area contributed by atoms with E-state index in [9.17, 15) is 9.90 Å². The number of rotatable bonds is 9. The number of aromatic carboxylic acids is 1. The molecule has 1 atom stereocenters. The first-order valence-electron chi connectivity index (χ1n) is 8.95. The van der Waals surface area contributed by atoms with Crippen LogP contribution in [0.3, 0.4) is 0 Å². The minimum Gasteiger partial charge on any atom is -0.491 e. The molecule has 1 unspecified atom stereocenters. The molecule has 0 aliphatic carbocycles. The van der Waals surface area contributed by atoms with Crippen molar-refractivity contribution in [3.8, 4) is 5.75 Å². The molecule has 0 heterocycles. The molecule has 0 fully saturated rings. The Morgan fingerprint density at radius 1 is 1.15 bits per heavy atom. The van der Waals surface area contributed by atoms with E-state index in [1.54, 1.807) is 30.3 Å². The normalized spacial score (nSPS) is 11.3. The van der Waals surface area contributed by atoms with Gasteiger partial charge in [0.2, 0.25) is 0 Å². The molecule has 0 saturated carbocycles. The highest BCUT2D eigenvalue weighted by atomic mass is 16.5. The van der Waals surface area contributed by atoms with Crippen molar-refractivity contribution in [3.05, 3.63) is 78.4 Å². The third kappa shape index (κ3) is 9.58. The van der Waals surface area contributed by atoms with E-state index >= 15 is 0 Å². The van der Waals surface area contributed by atoms with Crippen LogP contribution >= 0.6 is 0 Å². The van der Waals surface area contributed by atoms with Crippen LogP contribution in [0, 0.1) is 0 Å². The summed E-state index contributed by atoms with van der Waals surface area (Å²) in [5.74, 6) is -0.0587. The van der Waals surface area contributed by atoms with E-state index in [1.165, 1.54) is 0 Å². The summed E-state index contributed by atoms with van der Waals surface area (Å²) in [5, 5.41) is 21.3. The van der Waals surface area contributed by atoms with Crippen LogP contribution in [-0.2, 0) is 6.42 Å². The van der Waals surface area contributed by atoms with Crippen molar-refractivity contribution in [2.45, 2.75) is 32.4 Å². The molecule has 0 spiro atoms. The van der Waals surface area contributed by atoms with Gasteiger partial charge in [-0.2, -0.15) is 0 Å². The number of benzene rings is 2. The zero-order valence-corrected chi connectivity index (χ0v) is 16.0. The summed E-state index contributed by atoms with van der Waals surface area (Å²) in [6.45, 7) is 8.67. The Balaban J connectivity index is 0.000000337. The number of nitrogens with one attached hydrogen (secondary N) is 1. The molecule has 0 bridgehead atoms. The topological polar surface area (TPSA) is 78.8 Å². The van der Waals surface area contributed by atoms with Crippen LogP contribution in [0.5, 0.6) is 5.75 Å². The lowest BCUT2D eigenvalue weighted by Crippen LogP contribution is -2.35. The zero-order valence-electron chi connectivity index (χ0n) is 16.0. The summed E-state index contributed by atoms with van der Waals surface area (Å²) < 4.78 is 5.65. The molecule has 3 N–H and O–H groups in total. The van der Waals surface area contributed by atoms with Gasteiger partial charge < -0.3 is 20.3 Å². The Labute approximate surface area is 161 Å². The van der Waals surface area contributed by atoms with Crippen molar-refractivity contribution in [2.75, 3.05) is 13.2 Å². The first-order valence-corrected chi connectivity index (χ1v) is 8.95.